The van der Waals surface area contributed by atoms with E-state index >= 15 is 0 Å². The van der Waals surface area contributed by atoms with Crippen LogP contribution in [0, 0.1) is 0 Å². The summed E-state index contributed by atoms with van der Waals surface area (Å²) in [5.41, 5.74) is 6.02. The molecule has 0 atom stereocenters. The quantitative estimate of drug-likeness (QED) is 0.819. The molecule has 0 spiro atoms. The molecule has 1 rings (SSSR count). The highest BCUT2D eigenvalue weighted by atomic mass is 79.9. The first kappa shape index (κ1) is 9.54. The van der Waals surface area contributed by atoms with Crippen LogP contribution in [0.1, 0.15) is 16.6 Å². The van der Waals surface area contributed by atoms with Gasteiger partial charge in [0.25, 0.3) is 0 Å². The molecule has 0 saturated carbocycles. The first-order valence-corrected chi connectivity index (χ1v) is 4.98. The molecule has 0 saturated heterocycles. The predicted molar refractivity (Wildman–Crippen MR) is 52.4 cm³/mol. The number of esters is 1. The molecular weight excluding hydrogens is 242 g/mol. The molecule has 0 aliphatic heterocycles. The molecule has 1 aromatic rings. The average Bonchev–Trinajstić information content (AvgIpc) is 2.30. The van der Waals surface area contributed by atoms with Crippen molar-refractivity contribution < 1.29 is 9.53 Å². The van der Waals surface area contributed by atoms with E-state index in [1.165, 1.54) is 11.3 Å². The minimum absolute atomic E-state index is 0.356. The maximum atomic E-state index is 11.2. The van der Waals surface area contributed by atoms with Crippen LogP contribution in [0.25, 0.3) is 0 Å². The zero-order valence-corrected chi connectivity index (χ0v) is 8.87. The molecule has 12 heavy (non-hydrogen) atoms. The highest BCUT2D eigenvalue weighted by molar-refractivity contribution is 9.11. The fraction of sp³-hybridized carbons (Fsp3) is 0.286. The van der Waals surface area contributed by atoms with Crippen molar-refractivity contribution in [2.24, 2.45) is 0 Å². The zero-order valence-electron chi connectivity index (χ0n) is 6.46. The minimum atomic E-state index is -0.356. The summed E-state index contributed by atoms with van der Waals surface area (Å²) >= 11 is 4.51. The van der Waals surface area contributed by atoms with Crippen LogP contribution in [0.4, 0.5) is 5.69 Å². The second-order valence-corrected chi connectivity index (χ2v) is 4.49. The van der Waals surface area contributed by atoms with Gasteiger partial charge < -0.3 is 10.5 Å². The Hall–Kier alpha value is -0.550. The van der Waals surface area contributed by atoms with Crippen molar-refractivity contribution in [2.45, 2.75) is 6.92 Å². The van der Waals surface area contributed by atoms with Gasteiger partial charge in [0.1, 0.15) is 4.88 Å². The smallest absolute Gasteiger partial charge is 0.350 e. The van der Waals surface area contributed by atoms with Gasteiger partial charge in [-0.25, -0.2) is 4.79 Å². The molecule has 66 valence electrons. The minimum Gasteiger partial charge on any atom is -0.462 e. The number of carbonyl (C=O) groups excluding carboxylic acids is 1. The van der Waals surface area contributed by atoms with Gasteiger partial charge in [-0.2, -0.15) is 0 Å². The van der Waals surface area contributed by atoms with Gasteiger partial charge >= 0.3 is 5.97 Å². The highest BCUT2D eigenvalue weighted by Crippen LogP contribution is 2.29. The number of rotatable bonds is 2. The van der Waals surface area contributed by atoms with E-state index < -0.39 is 0 Å². The number of nitrogens with two attached hydrogens (primary N) is 1. The zero-order chi connectivity index (χ0) is 9.14. The van der Waals surface area contributed by atoms with Crippen LogP contribution in [0.5, 0.6) is 0 Å². The van der Waals surface area contributed by atoms with Crippen LogP contribution in [-0.4, -0.2) is 12.6 Å². The van der Waals surface area contributed by atoms with Gasteiger partial charge in [-0.1, -0.05) is 0 Å². The number of hydrogen-bond acceptors (Lipinski definition) is 4. The summed E-state index contributed by atoms with van der Waals surface area (Å²) in [6.07, 6.45) is 0. The average molecular weight is 250 g/mol. The number of anilines is 1. The molecule has 1 aromatic heterocycles. The van der Waals surface area contributed by atoms with Crippen LogP contribution in [0.2, 0.25) is 0 Å². The first-order valence-electron chi connectivity index (χ1n) is 3.37. The summed E-state index contributed by atoms with van der Waals surface area (Å²) in [5, 5.41) is 0. The number of carbonyl (C=O) groups is 1. The van der Waals surface area contributed by atoms with E-state index in [1.807, 2.05) is 0 Å². The number of thiophene rings is 1. The van der Waals surface area contributed by atoms with Crippen LogP contribution >= 0.6 is 27.3 Å². The number of hydrogen-bond donors (Lipinski definition) is 1. The summed E-state index contributed by atoms with van der Waals surface area (Å²) in [6, 6.07) is 1.69. The monoisotopic (exact) mass is 249 g/mol. The molecule has 3 nitrogen and oxygen atoms in total. The van der Waals surface area contributed by atoms with E-state index in [-0.39, 0.29) is 5.97 Å². The molecule has 0 unspecified atom stereocenters. The Kier molecular flexibility index (Phi) is 3.11. The van der Waals surface area contributed by atoms with Gasteiger partial charge in [0.05, 0.1) is 16.1 Å². The Balaban J connectivity index is 2.87. The van der Waals surface area contributed by atoms with Crippen LogP contribution < -0.4 is 5.73 Å². The summed E-state index contributed by atoms with van der Waals surface area (Å²) < 4.78 is 5.63. The van der Waals surface area contributed by atoms with Crippen molar-refractivity contribution in [1.29, 1.82) is 0 Å². The molecule has 0 fully saturated rings. The van der Waals surface area contributed by atoms with E-state index in [2.05, 4.69) is 15.9 Å². The lowest BCUT2D eigenvalue weighted by atomic mass is 10.4. The molecule has 1 heterocycles. The lowest BCUT2D eigenvalue weighted by molar-refractivity contribution is 0.0533. The topological polar surface area (TPSA) is 52.3 Å². The largest absolute Gasteiger partial charge is 0.462 e. The lowest BCUT2D eigenvalue weighted by Gasteiger charge is -1.98. The number of ether oxygens (including phenoxy) is 1. The summed E-state index contributed by atoms with van der Waals surface area (Å²) in [7, 11) is 0. The third-order valence-corrected chi connectivity index (χ3v) is 2.83. The third-order valence-electron chi connectivity index (χ3n) is 1.19. The normalized spacial score (nSPS) is 9.83. The van der Waals surface area contributed by atoms with Gasteiger partial charge in [0.2, 0.25) is 0 Å². The fourth-order valence-electron chi connectivity index (χ4n) is 0.730. The molecule has 0 amide bonds. The lowest BCUT2D eigenvalue weighted by Crippen LogP contribution is -2.04. The maximum Gasteiger partial charge on any atom is 0.350 e. The highest BCUT2D eigenvalue weighted by Gasteiger charge is 2.13. The van der Waals surface area contributed by atoms with Gasteiger partial charge in [0, 0.05) is 0 Å². The Morgan fingerprint density at radius 2 is 2.50 bits per heavy atom. The Labute approximate surface area is 82.6 Å². The van der Waals surface area contributed by atoms with Crippen molar-refractivity contribution in [3.05, 3.63) is 14.7 Å². The second kappa shape index (κ2) is 3.91. The standard InChI is InChI=1S/C7H8BrNO2S/c1-2-11-7(10)6-4(9)3-5(8)12-6/h3H,2,9H2,1H3. The van der Waals surface area contributed by atoms with E-state index in [4.69, 9.17) is 10.5 Å². The molecule has 0 aromatic carbocycles. The Bertz CT molecular complexity index is 298. The van der Waals surface area contributed by atoms with Crippen molar-refractivity contribution in [1.82, 2.24) is 0 Å². The SMILES string of the molecule is CCOC(=O)c1sc(Br)cc1N. The summed E-state index contributed by atoms with van der Waals surface area (Å²) in [5.74, 6) is -0.356. The molecule has 0 radical (unpaired) electrons. The van der Waals surface area contributed by atoms with E-state index in [9.17, 15) is 4.79 Å². The van der Waals surface area contributed by atoms with E-state index in [0.29, 0.717) is 17.2 Å². The van der Waals surface area contributed by atoms with Gasteiger partial charge in [-0.05, 0) is 28.9 Å². The Morgan fingerprint density at radius 1 is 1.83 bits per heavy atom. The number of halogens is 1. The molecule has 0 aliphatic carbocycles. The van der Waals surface area contributed by atoms with Gasteiger partial charge in [-0.3, -0.25) is 0 Å². The van der Waals surface area contributed by atoms with Gasteiger partial charge in [0.15, 0.2) is 0 Å². The number of nitrogen functional groups attached to an aromatic ring is 1. The molecule has 2 N–H and O–H groups in total. The molecule has 0 bridgehead atoms. The summed E-state index contributed by atoms with van der Waals surface area (Å²) in [4.78, 5) is 11.6. The molecule has 5 heteroatoms. The molecular formula is C7H8BrNO2S. The third kappa shape index (κ3) is 1.98. The van der Waals surface area contributed by atoms with Crippen molar-refractivity contribution in [3.8, 4) is 0 Å². The Morgan fingerprint density at radius 3 is 2.92 bits per heavy atom. The van der Waals surface area contributed by atoms with Crippen molar-refractivity contribution >= 4 is 38.9 Å². The van der Waals surface area contributed by atoms with E-state index in [0.717, 1.165) is 3.79 Å². The van der Waals surface area contributed by atoms with Crippen molar-refractivity contribution in [2.75, 3.05) is 12.3 Å². The molecule has 0 aliphatic rings. The maximum absolute atomic E-state index is 11.2. The van der Waals surface area contributed by atoms with Crippen LogP contribution in [0.3, 0.4) is 0 Å². The van der Waals surface area contributed by atoms with Crippen LogP contribution in [-0.2, 0) is 4.74 Å². The van der Waals surface area contributed by atoms with Crippen molar-refractivity contribution in [3.63, 3.8) is 0 Å². The second-order valence-electron chi connectivity index (χ2n) is 2.06. The van der Waals surface area contributed by atoms with E-state index in [1.54, 1.807) is 13.0 Å². The summed E-state index contributed by atoms with van der Waals surface area (Å²) in [6.45, 7) is 2.13. The fourth-order valence-corrected chi connectivity index (χ4v) is 2.16. The first-order chi connectivity index (χ1) is 5.65. The van der Waals surface area contributed by atoms with Gasteiger partial charge in [-0.15, -0.1) is 11.3 Å². The van der Waals surface area contributed by atoms with Crippen LogP contribution in [0.15, 0.2) is 9.85 Å². The predicted octanol–water partition coefficient (Wildman–Crippen LogP) is 2.27.